The normalized spacial score (nSPS) is 12.9. The highest BCUT2D eigenvalue weighted by Gasteiger charge is 2.24. The zero-order valence-electron chi connectivity index (χ0n) is 21.3. The van der Waals surface area contributed by atoms with Crippen LogP contribution < -0.4 is 14.8 Å². The molecule has 37 heavy (non-hydrogen) atoms. The molecule has 2 atom stereocenters. The molecule has 0 saturated heterocycles. The van der Waals surface area contributed by atoms with E-state index in [0.717, 1.165) is 11.1 Å². The van der Waals surface area contributed by atoms with Gasteiger partial charge in [0, 0.05) is 11.1 Å². The summed E-state index contributed by atoms with van der Waals surface area (Å²) in [5.74, 6) is 1.87. The number of carbonyl (C=O) groups is 1. The summed E-state index contributed by atoms with van der Waals surface area (Å²) in [5.41, 5.74) is 1.21. The number of nitrogens with one attached hydrogen (secondary N) is 1. The Balaban J connectivity index is 1.54. The van der Waals surface area contributed by atoms with Gasteiger partial charge >= 0.3 is 6.09 Å². The molecule has 0 aromatic heterocycles. The number of hydrogen-bond donors (Lipinski definition) is 3. The van der Waals surface area contributed by atoms with Crippen LogP contribution in [0.15, 0.2) is 72.8 Å². The first kappa shape index (κ1) is 28.3. The number of halogens is 1. The van der Waals surface area contributed by atoms with Crippen molar-refractivity contribution in [2.45, 2.75) is 58.0 Å². The Hall–Kier alpha value is -3.26. The van der Waals surface area contributed by atoms with Crippen LogP contribution in [0.25, 0.3) is 0 Å². The van der Waals surface area contributed by atoms with Gasteiger partial charge in [0.2, 0.25) is 0 Å². The lowest BCUT2D eigenvalue weighted by molar-refractivity contribution is 0.0338. The zero-order valence-corrected chi connectivity index (χ0v) is 22.1. The second kappa shape index (κ2) is 13.3. The van der Waals surface area contributed by atoms with Crippen molar-refractivity contribution in [1.29, 1.82) is 0 Å². The summed E-state index contributed by atoms with van der Waals surface area (Å²) >= 11 is 6.47. The summed E-state index contributed by atoms with van der Waals surface area (Å²) in [7, 11) is 0. The van der Waals surface area contributed by atoms with Gasteiger partial charge in [-0.05, 0) is 69.0 Å². The summed E-state index contributed by atoms with van der Waals surface area (Å²) in [6, 6.07) is 21.8. The number of hydrogen-bond acceptors (Lipinski definition) is 6. The molecule has 7 nitrogen and oxygen atoms in total. The van der Waals surface area contributed by atoms with E-state index < -0.39 is 30.4 Å². The van der Waals surface area contributed by atoms with Crippen molar-refractivity contribution in [2.24, 2.45) is 0 Å². The molecule has 3 rings (SSSR count). The summed E-state index contributed by atoms with van der Waals surface area (Å²) in [4.78, 5) is 12.0. The Morgan fingerprint density at radius 1 is 0.973 bits per heavy atom. The third-order valence-electron chi connectivity index (χ3n) is 5.39. The molecule has 0 bridgehead atoms. The van der Waals surface area contributed by atoms with Crippen LogP contribution in [0, 0.1) is 0 Å². The van der Waals surface area contributed by atoms with Gasteiger partial charge in [0.15, 0.2) is 0 Å². The average molecular weight is 528 g/mol. The van der Waals surface area contributed by atoms with Crippen LogP contribution in [0.2, 0.25) is 5.02 Å². The topological polar surface area (TPSA) is 97.3 Å². The fourth-order valence-electron chi connectivity index (χ4n) is 3.53. The quantitative estimate of drug-likeness (QED) is 0.287. The second-order valence-corrected chi connectivity index (χ2v) is 10.1. The van der Waals surface area contributed by atoms with E-state index in [0.29, 0.717) is 35.3 Å². The molecule has 0 radical (unpaired) electrons. The second-order valence-electron chi connectivity index (χ2n) is 9.65. The minimum absolute atomic E-state index is 0.280. The van der Waals surface area contributed by atoms with E-state index in [2.05, 4.69) is 5.32 Å². The summed E-state index contributed by atoms with van der Waals surface area (Å²) < 4.78 is 17.0. The van der Waals surface area contributed by atoms with Gasteiger partial charge in [-0.3, -0.25) is 0 Å². The maximum atomic E-state index is 12.0. The number of alkyl carbamates (subject to hydrolysis) is 1. The van der Waals surface area contributed by atoms with Crippen LogP contribution in [0.1, 0.15) is 38.3 Å². The van der Waals surface area contributed by atoms with E-state index in [1.54, 1.807) is 32.9 Å². The van der Waals surface area contributed by atoms with Crippen LogP contribution in [0.3, 0.4) is 0 Å². The predicted octanol–water partition coefficient (Wildman–Crippen LogP) is 5.89. The van der Waals surface area contributed by atoms with Crippen molar-refractivity contribution in [3.8, 4) is 17.2 Å². The van der Waals surface area contributed by atoms with E-state index in [-0.39, 0.29) is 6.42 Å². The molecule has 0 spiro atoms. The maximum Gasteiger partial charge on any atom is 0.408 e. The van der Waals surface area contributed by atoms with Crippen molar-refractivity contribution in [3.63, 3.8) is 0 Å². The van der Waals surface area contributed by atoms with E-state index in [9.17, 15) is 15.0 Å². The zero-order chi connectivity index (χ0) is 26.8. The molecule has 198 valence electrons. The van der Waals surface area contributed by atoms with Gasteiger partial charge in [-0.15, -0.1) is 0 Å². The molecule has 3 aromatic carbocycles. The molecule has 0 aliphatic rings. The van der Waals surface area contributed by atoms with E-state index >= 15 is 0 Å². The third kappa shape index (κ3) is 9.61. The van der Waals surface area contributed by atoms with Gasteiger partial charge in [0.05, 0.1) is 18.8 Å². The highest BCUT2D eigenvalue weighted by molar-refractivity contribution is 6.31. The number of aliphatic hydroxyl groups is 2. The number of ether oxygens (including phenoxy) is 3. The Kier molecular flexibility index (Phi) is 10.2. The Labute approximate surface area is 223 Å². The van der Waals surface area contributed by atoms with Crippen molar-refractivity contribution >= 4 is 17.7 Å². The van der Waals surface area contributed by atoms with Crippen LogP contribution in [-0.4, -0.2) is 40.7 Å². The molecule has 0 saturated carbocycles. The lowest BCUT2D eigenvalue weighted by atomic mass is 10.0. The Bertz CT molecular complexity index is 1150. The van der Waals surface area contributed by atoms with Crippen molar-refractivity contribution in [2.75, 3.05) is 6.61 Å². The monoisotopic (exact) mass is 527 g/mol. The number of aliphatic hydroxyl groups excluding tert-OH is 2. The average Bonchev–Trinajstić information content (AvgIpc) is 2.85. The highest BCUT2D eigenvalue weighted by Crippen LogP contribution is 2.30. The minimum atomic E-state index is -0.983. The van der Waals surface area contributed by atoms with Gasteiger partial charge in [-0.25, -0.2) is 4.79 Å². The molecule has 0 fully saturated rings. The van der Waals surface area contributed by atoms with E-state index in [1.807, 2.05) is 60.7 Å². The Morgan fingerprint density at radius 2 is 1.68 bits per heavy atom. The molecule has 1 amide bonds. The summed E-state index contributed by atoms with van der Waals surface area (Å²) in [6.07, 6.45) is -0.958. The smallest absolute Gasteiger partial charge is 0.408 e. The van der Waals surface area contributed by atoms with Gasteiger partial charge in [0.1, 0.15) is 29.5 Å². The third-order valence-corrected chi connectivity index (χ3v) is 5.74. The van der Waals surface area contributed by atoms with E-state index in [1.165, 1.54) is 0 Å². The molecule has 3 N–H and O–H groups in total. The first-order chi connectivity index (χ1) is 17.6. The minimum Gasteiger partial charge on any atom is -0.489 e. The SMILES string of the molecule is CC(C)(C)OC(=O)NC(CO)C(O)CCc1ccc(Oc2cccc(OCc3ccccc3)c2)cc1Cl. The fourth-order valence-corrected chi connectivity index (χ4v) is 3.79. The Morgan fingerprint density at radius 3 is 2.35 bits per heavy atom. The number of carbonyl (C=O) groups excluding carboxylic acids is 1. The largest absolute Gasteiger partial charge is 0.489 e. The first-order valence-corrected chi connectivity index (χ1v) is 12.5. The van der Waals surface area contributed by atoms with Gasteiger partial charge in [-0.2, -0.15) is 0 Å². The number of rotatable bonds is 11. The summed E-state index contributed by atoms with van der Waals surface area (Å²) in [5, 5.41) is 23.1. The lowest BCUT2D eigenvalue weighted by Crippen LogP contribution is -2.47. The van der Waals surface area contributed by atoms with Crippen LogP contribution in [0.4, 0.5) is 4.79 Å². The molecule has 0 aliphatic carbocycles. The highest BCUT2D eigenvalue weighted by atomic mass is 35.5. The maximum absolute atomic E-state index is 12.0. The van der Waals surface area contributed by atoms with Crippen molar-refractivity contribution in [3.05, 3.63) is 88.9 Å². The molecule has 0 aliphatic heterocycles. The number of aryl methyl sites for hydroxylation is 1. The summed E-state index contributed by atoms with van der Waals surface area (Å²) in [6.45, 7) is 5.25. The standard InChI is InChI=1S/C29H34ClNO6/c1-29(2,3)37-28(34)31-26(18-32)27(33)15-13-21-12-14-24(17-25(21)30)36-23-11-7-10-22(16-23)35-19-20-8-5-4-6-9-20/h4-12,14,16-17,26-27,32-33H,13,15,18-19H2,1-3H3,(H,31,34). The van der Waals surface area contributed by atoms with Crippen LogP contribution >= 0.6 is 11.6 Å². The van der Waals surface area contributed by atoms with Gasteiger partial charge < -0.3 is 29.7 Å². The van der Waals surface area contributed by atoms with Crippen molar-refractivity contribution in [1.82, 2.24) is 5.32 Å². The fraction of sp³-hybridized carbons (Fsp3) is 0.345. The van der Waals surface area contributed by atoms with Crippen molar-refractivity contribution < 1.29 is 29.2 Å². The van der Waals surface area contributed by atoms with Gasteiger partial charge in [-0.1, -0.05) is 54.1 Å². The molecule has 0 heterocycles. The first-order valence-electron chi connectivity index (χ1n) is 12.1. The van der Waals surface area contributed by atoms with Crippen LogP contribution in [-0.2, 0) is 17.8 Å². The van der Waals surface area contributed by atoms with E-state index in [4.69, 9.17) is 25.8 Å². The molecular formula is C29H34ClNO6. The number of amides is 1. The molecule has 2 unspecified atom stereocenters. The molecule has 8 heteroatoms. The predicted molar refractivity (Wildman–Crippen MR) is 143 cm³/mol. The van der Waals surface area contributed by atoms with Crippen LogP contribution in [0.5, 0.6) is 17.2 Å². The van der Waals surface area contributed by atoms with Gasteiger partial charge in [0.25, 0.3) is 0 Å². The number of benzene rings is 3. The molecular weight excluding hydrogens is 494 g/mol. The molecule has 3 aromatic rings. The lowest BCUT2D eigenvalue weighted by Gasteiger charge is -2.25.